The van der Waals surface area contributed by atoms with Crippen LogP contribution in [0, 0.1) is 20.8 Å². The van der Waals surface area contributed by atoms with Gasteiger partial charge in [0.1, 0.15) is 16.2 Å². The number of nitrogens with zero attached hydrogens (tertiary/aromatic N) is 2. The monoisotopic (exact) mass is 335 g/mol. The highest BCUT2D eigenvalue weighted by atomic mass is 32.1. The van der Waals surface area contributed by atoms with Crippen molar-refractivity contribution in [3.63, 3.8) is 0 Å². The highest BCUT2D eigenvalue weighted by Gasteiger charge is 2.35. The van der Waals surface area contributed by atoms with Crippen LogP contribution < -0.4 is 5.32 Å². The Labute approximate surface area is 139 Å². The van der Waals surface area contributed by atoms with Crippen molar-refractivity contribution >= 4 is 33.4 Å². The molecule has 1 atom stereocenters. The summed E-state index contributed by atoms with van der Waals surface area (Å²) in [7, 11) is 0. The van der Waals surface area contributed by atoms with Crippen LogP contribution in [0.3, 0.4) is 0 Å². The van der Waals surface area contributed by atoms with Gasteiger partial charge in [-0.25, -0.2) is 14.8 Å². The van der Waals surface area contributed by atoms with E-state index in [-0.39, 0.29) is 5.91 Å². The zero-order valence-corrected chi connectivity index (χ0v) is 14.8. The number of carboxylic acids is 1. The van der Waals surface area contributed by atoms with Crippen LogP contribution in [0.1, 0.15) is 53.4 Å². The average Bonchev–Trinajstić information content (AvgIpc) is 2.75. The van der Waals surface area contributed by atoms with Gasteiger partial charge in [-0.3, -0.25) is 4.79 Å². The zero-order chi connectivity index (χ0) is 17.4. The van der Waals surface area contributed by atoms with Gasteiger partial charge >= 0.3 is 5.97 Å². The Hall–Kier alpha value is -2.02. The van der Waals surface area contributed by atoms with Gasteiger partial charge in [0.25, 0.3) is 5.91 Å². The van der Waals surface area contributed by atoms with Gasteiger partial charge in [-0.05, 0) is 39.7 Å². The number of nitrogens with one attached hydrogen (secondary N) is 1. The third-order valence-corrected chi connectivity index (χ3v) is 5.08. The topological polar surface area (TPSA) is 92.2 Å². The molecule has 2 N–H and O–H groups in total. The number of aryl methyl sites for hydroxylation is 3. The lowest BCUT2D eigenvalue weighted by atomic mass is 9.96. The lowest BCUT2D eigenvalue weighted by Gasteiger charge is -2.25. The number of thiophene rings is 1. The van der Waals surface area contributed by atoms with Crippen LogP contribution in [-0.2, 0) is 4.79 Å². The number of aliphatic carboxylic acids is 1. The summed E-state index contributed by atoms with van der Waals surface area (Å²) in [6.07, 6.45) is 1.04. The van der Waals surface area contributed by atoms with Crippen LogP contribution in [0.25, 0.3) is 10.2 Å². The molecule has 6 nitrogen and oxygen atoms in total. The maximum Gasteiger partial charge on any atom is 0.329 e. The lowest BCUT2D eigenvalue weighted by molar-refractivity contribution is -0.144. The number of carboxylic acid groups (broad SMARTS) is 1. The summed E-state index contributed by atoms with van der Waals surface area (Å²) in [4.78, 5) is 34.1. The van der Waals surface area contributed by atoms with Crippen molar-refractivity contribution in [3.05, 3.63) is 22.0 Å². The molecule has 124 valence electrons. The Kier molecular flexibility index (Phi) is 4.70. The Morgan fingerprint density at radius 2 is 1.91 bits per heavy atom. The van der Waals surface area contributed by atoms with Gasteiger partial charge in [-0.2, -0.15) is 0 Å². The Bertz CT molecular complexity index is 784. The highest BCUT2D eigenvalue weighted by Crippen LogP contribution is 2.31. The highest BCUT2D eigenvalue weighted by molar-refractivity contribution is 7.20. The van der Waals surface area contributed by atoms with Crippen LogP contribution >= 0.6 is 11.3 Å². The number of rotatable bonds is 5. The largest absolute Gasteiger partial charge is 0.480 e. The summed E-state index contributed by atoms with van der Waals surface area (Å²) in [6.45, 7) is 8.96. The van der Waals surface area contributed by atoms with Crippen LogP contribution in [0.15, 0.2) is 0 Å². The van der Waals surface area contributed by atoms with E-state index in [4.69, 9.17) is 0 Å². The van der Waals surface area contributed by atoms with E-state index in [2.05, 4.69) is 15.3 Å². The number of carbonyl (C=O) groups is 2. The molecule has 0 saturated carbocycles. The Balaban J connectivity index is 2.44. The van der Waals surface area contributed by atoms with Gasteiger partial charge in [0.05, 0.1) is 4.88 Å². The zero-order valence-electron chi connectivity index (χ0n) is 14.0. The summed E-state index contributed by atoms with van der Waals surface area (Å²) in [6, 6.07) is 0. The van der Waals surface area contributed by atoms with E-state index < -0.39 is 11.5 Å². The maximum atomic E-state index is 12.6. The molecule has 0 saturated heterocycles. The molecule has 0 aliphatic heterocycles. The SMILES string of the molecule is CCCC(C)(NC(=O)c1sc2nc(C)nc(C)c2c1C)C(=O)O. The number of hydrogen-bond acceptors (Lipinski definition) is 5. The molecule has 0 aliphatic carbocycles. The molecule has 0 fully saturated rings. The maximum absolute atomic E-state index is 12.6. The van der Waals surface area contributed by atoms with Gasteiger partial charge in [0.2, 0.25) is 0 Å². The minimum absolute atomic E-state index is 0.371. The fourth-order valence-electron chi connectivity index (χ4n) is 2.72. The predicted octanol–water partition coefficient (Wildman–Crippen LogP) is 2.99. The minimum Gasteiger partial charge on any atom is -0.480 e. The van der Waals surface area contributed by atoms with Gasteiger partial charge in [-0.1, -0.05) is 13.3 Å². The molecule has 1 amide bonds. The van der Waals surface area contributed by atoms with E-state index in [1.54, 1.807) is 0 Å². The van der Waals surface area contributed by atoms with E-state index in [1.807, 2.05) is 27.7 Å². The van der Waals surface area contributed by atoms with Crippen molar-refractivity contribution in [2.24, 2.45) is 0 Å². The summed E-state index contributed by atoms with van der Waals surface area (Å²) in [5, 5.41) is 13.0. The summed E-state index contributed by atoms with van der Waals surface area (Å²) in [5.41, 5.74) is 0.351. The third-order valence-electron chi connectivity index (χ3n) is 3.90. The summed E-state index contributed by atoms with van der Waals surface area (Å²) < 4.78 is 0. The predicted molar refractivity (Wildman–Crippen MR) is 90.0 cm³/mol. The minimum atomic E-state index is -1.27. The molecule has 0 aliphatic rings. The van der Waals surface area contributed by atoms with E-state index >= 15 is 0 Å². The molecule has 0 bridgehead atoms. The quantitative estimate of drug-likeness (QED) is 0.876. The van der Waals surface area contributed by atoms with Crippen molar-refractivity contribution in [2.45, 2.75) is 53.0 Å². The molecule has 2 heterocycles. The fraction of sp³-hybridized carbons (Fsp3) is 0.500. The van der Waals surface area contributed by atoms with Crippen LogP contribution in [0.2, 0.25) is 0 Å². The Morgan fingerprint density at radius 1 is 1.26 bits per heavy atom. The number of hydrogen-bond donors (Lipinski definition) is 2. The third kappa shape index (κ3) is 3.19. The molecule has 2 rings (SSSR count). The second kappa shape index (κ2) is 6.23. The first-order valence-corrected chi connectivity index (χ1v) is 8.31. The molecule has 0 radical (unpaired) electrons. The number of aromatic nitrogens is 2. The van der Waals surface area contributed by atoms with Crippen LogP contribution in [-0.4, -0.2) is 32.5 Å². The van der Waals surface area contributed by atoms with Crippen LogP contribution in [0.4, 0.5) is 0 Å². The van der Waals surface area contributed by atoms with E-state index in [9.17, 15) is 14.7 Å². The molecular formula is C16H21N3O3S. The summed E-state index contributed by atoms with van der Waals surface area (Å²) >= 11 is 1.27. The van der Waals surface area contributed by atoms with Gasteiger partial charge in [0.15, 0.2) is 0 Å². The molecule has 2 aromatic rings. The first-order chi connectivity index (χ1) is 10.7. The normalized spacial score (nSPS) is 13.8. The molecule has 1 unspecified atom stereocenters. The van der Waals surface area contributed by atoms with Crippen molar-refractivity contribution in [2.75, 3.05) is 0 Å². The average molecular weight is 335 g/mol. The molecule has 0 aromatic carbocycles. The molecule has 23 heavy (non-hydrogen) atoms. The molecule has 7 heteroatoms. The van der Waals surface area contributed by atoms with Gasteiger partial charge in [-0.15, -0.1) is 11.3 Å². The first kappa shape index (κ1) is 17.3. The van der Waals surface area contributed by atoms with Crippen molar-refractivity contribution in [1.29, 1.82) is 0 Å². The second-order valence-corrected chi connectivity index (χ2v) is 6.93. The number of carbonyl (C=O) groups excluding carboxylic acids is 1. The smallest absolute Gasteiger partial charge is 0.329 e. The first-order valence-electron chi connectivity index (χ1n) is 7.50. The van der Waals surface area contributed by atoms with Crippen molar-refractivity contribution in [1.82, 2.24) is 15.3 Å². The number of fused-ring (bicyclic) bond motifs is 1. The Morgan fingerprint density at radius 3 is 2.48 bits per heavy atom. The standard InChI is InChI=1S/C16H21N3O3S/c1-6-7-16(5,15(21)22)19-13(20)12-8(2)11-9(3)17-10(4)18-14(11)23-12/h6-7H2,1-5H3,(H,19,20)(H,21,22). The molecule has 2 aromatic heterocycles. The molecular weight excluding hydrogens is 314 g/mol. The van der Waals surface area contributed by atoms with Gasteiger partial charge in [0, 0.05) is 11.1 Å². The van der Waals surface area contributed by atoms with Crippen molar-refractivity contribution < 1.29 is 14.7 Å². The second-order valence-electron chi connectivity index (χ2n) is 5.93. The van der Waals surface area contributed by atoms with Crippen LogP contribution in [0.5, 0.6) is 0 Å². The van der Waals surface area contributed by atoms with E-state index in [0.29, 0.717) is 23.5 Å². The summed E-state index contributed by atoms with van der Waals surface area (Å²) in [5.74, 6) is -0.747. The number of amides is 1. The lowest BCUT2D eigenvalue weighted by Crippen LogP contribution is -2.52. The fourth-order valence-corrected chi connectivity index (χ4v) is 3.89. The van der Waals surface area contributed by atoms with Crippen molar-refractivity contribution in [3.8, 4) is 0 Å². The molecule has 0 spiro atoms. The van der Waals surface area contributed by atoms with Gasteiger partial charge < -0.3 is 10.4 Å². The van der Waals surface area contributed by atoms with E-state index in [0.717, 1.165) is 21.5 Å². The van der Waals surface area contributed by atoms with E-state index in [1.165, 1.54) is 18.3 Å².